The van der Waals surface area contributed by atoms with Crippen LogP contribution in [0.4, 0.5) is 0 Å². The fourth-order valence-electron chi connectivity index (χ4n) is 3.78. The maximum Gasteiger partial charge on any atom is 0.251 e. The van der Waals surface area contributed by atoms with Gasteiger partial charge in [-0.2, -0.15) is 4.68 Å². The Morgan fingerprint density at radius 2 is 1.91 bits per heavy atom. The Hall–Kier alpha value is -3.06. The standard InChI is InChI=1S/C25H33N5O2/c1-6-23-27-28-29-30(23)22-16-20(19-12-8-7-9-13-19)15-21(18(22)3)24(31)26-17(2)11-10-14-25(4,5)32/h7-9,12-13,15-17,32H,6,10-11,14H2,1-5H3,(H,26,31). The molecule has 1 atom stereocenters. The number of aliphatic hydroxyl groups is 1. The number of tetrazole rings is 1. The van der Waals surface area contributed by atoms with E-state index in [0.29, 0.717) is 18.4 Å². The van der Waals surface area contributed by atoms with E-state index in [-0.39, 0.29) is 11.9 Å². The van der Waals surface area contributed by atoms with E-state index in [9.17, 15) is 9.90 Å². The van der Waals surface area contributed by atoms with Gasteiger partial charge in [-0.15, -0.1) is 5.10 Å². The number of benzene rings is 2. The van der Waals surface area contributed by atoms with Crippen molar-refractivity contribution in [2.24, 2.45) is 0 Å². The molecule has 1 heterocycles. The molecule has 0 saturated carbocycles. The fraction of sp³-hybridized carbons (Fsp3) is 0.440. The quantitative estimate of drug-likeness (QED) is 0.524. The number of carbonyl (C=O) groups excluding carboxylic acids is 1. The van der Waals surface area contributed by atoms with E-state index in [1.54, 1.807) is 18.5 Å². The average molecular weight is 436 g/mol. The Morgan fingerprint density at radius 1 is 1.19 bits per heavy atom. The Balaban J connectivity index is 1.94. The maximum absolute atomic E-state index is 13.3. The fourth-order valence-corrected chi connectivity index (χ4v) is 3.78. The van der Waals surface area contributed by atoms with Crippen molar-refractivity contribution >= 4 is 5.91 Å². The van der Waals surface area contributed by atoms with Crippen molar-refractivity contribution in [2.45, 2.75) is 71.9 Å². The molecule has 7 heteroatoms. The van der Waals surface area contributed by atoms with Gasteiger partial charge in [0.15, 0.2) is 5.82 Å². The molecule has 2 aromatic carbocycles. The molecule has 0 bridgehead atoms. The van der Waals surface area contributed by atoms with Crippen LogP contribution in [0.2, 0.25) is 0 Å². The summed E-state index contributed by atoms with van der Waals surface area (Å²) < 4.78 is 1.71. The van der Waals surface area contributed by atoms with Gasteiger partial charge < -0.3 is 10.4 Å². The second-order valence-corrected chi connectivity index (χ2v) is 8.97. The molecule has 0 saturated heterocycles. The number of rotatable bonds is 9. The number of amides is 1. The minimum atomic E-state index is -0.692. The molecule has 1 amide bonds. The van der Waals surface area contributed by atoms with Crippen molar-refractivity contribution in [1.29, 1.82) is 0 Å². The topological polar surface area (TPSA) is 92.9 Å². The van der Waals surface area contributed by atoms with E-state index in [2.05, 4.69) is 20.8 Å². The van der Waals surface area contributed by atoms with E-state index >= 15 is 0 Å². The molecule has 170 valence electrons. The highest BCUT2D eigenvalue weighted by molar-refractivity contribution is 5.98. The van der Waals surface area contributed by atoms with Gasteiger partial charge in [-0.3, -0.25) is 4.79 Å². The van der Waals surface area contributed by atoms with Crippen LogP contribution >= 0.6 is 0 Å². The Bertz CT molecular complexity index is 1050. The molecular formula is C25H33N5O2. The van der Waals surface area contributed by atoms with Gasteiger partial charge in [0.25, 0.3) is 5.91 Å². The van der Waals surface area contributed by atoms with Crippen molar-refractivity contribution in [1.82, 2.24) is 25.5 Å². The molecule has 1 unspecified atom stereocenters. The van der Waals surface area contributed by atoms with Gasteiger partial charge in [0, 0.05) is 18.0 Å². The second kappa shape index (κ2) is 10.0. The van der Waals surface area contributed by atoms with Crippen LogP contribution in [0, 0.1) is 6.92 Å². The third-order valence-corrected chi connectivity index (χ3v) is 5.61. The smallest absolute Gasteiger partial charge is 0.251 e. The average Bonchev–Trinajstić information content (AvgIpc) is 3.22. The van der Waals surface area contributed by atoms with Crippen molar-refractivity contribution in [3.63, 3.8) is 0 Å². The Labute approximate surface area is 189 Å². The summed E-state index contributed by atoms with van der Waals surface area (Å²) in [4.78, 5) is 13.3. The molecule has 0 aliphatic carbocycles. The van der Waals surface area contributed by atoms with Gasteiger partial charge in [-0.25, -0.2) is 0 Å². The zero-order valence-corrected chi connectivity index (χ0v) is 19.6. The van der Waals surface area contributed by atoms with Gasteiger partial charge in [-0.1, -0.05) is 37.3 Å². The molecule has 32 heavy (non-hydrogen) atoms. The number of hydrogen-bond donors (Lipinski definition) is 2. The number of hydrogen-bond acceptors (Lipinski definition) is 5. The van der Waals surface area contributed by atoms with Crippen molar-refractivity contribution < 1.29 is 9.90 Å². The molecule has 3 aromatic rings. The normalized spacial score (nSPS) is 12.6. The lowest BCUT2D eigenvalue weighted by Gasteiger charge is -2.20. The molecule has 3 rings (SSSR count). The minimum absolute atomic E-state index is 0.00711. The molecule has 2 N–H and O–H groups in total. The molecule has 1 aromatic heterocycles. The summed E-state index contributed by atoms with van der Waals surface area (Å²) in [6.45, 7) is 9.54. The van der Waals surface area contributed by atoms with E-state index in [4.69, 9.17) is 0 Å². The minimum Gasteiger partial charge on any atom is -0.390 e. The summed E-state index contributed by atoms with van der Waals surface area (Å²) in [6, 6.07) is 13.9. The maximum atomic E-state index is 13.3. The predicted octanol–water partition coefficient (Wildman–Crippen LogP) is 4.26. The lowest BCUT2D eigenvalue weighted by molar-refractivity contribution is 0.0674. The summed E-state index contributed by atoms with van der Waals surface area (Å²) >= 11 is 0. The van der Waals surface area contributed by atoms with Crippen LogP contribution in [0.25, 0.3) is 16.8 Å². The largest absolute Gasteiger partial charge is 0.390 e. The van der Waals surface area contributed by atoms with Crippen molar-refractivity contribution in [2.75, 3.05) is 0 Å². The summed E-state index contributed by atoms with van der Waals surface area (Å²) in [5, 5.41) is 25.2. The van der Waals surface area contributed by atoms with Gasteiger partial charge in [0.05, 0.1) is 11.3 Å². The van der Waals surface area contributed by atoms with E-state index in [1.165, 1.54) is 0 Å². The Kier molecular flexibility index (Phi) is 7.40. The van der Waals surface area contributed by atoms with E-state index < -0.39 is 5.60 Å². The van der Waals surface area contributed by atoms with Crippen molar-refractivity contribution in [3.05, 3.63) is 59.4 Å². The first kappa shape index (κ1) is 23.6. The molecule has 0 aliphatic rings. The van der Waals surface area contributed by atoms with Crippen LogP contribution in [0.3, 0.4) is 0 Å². The number of aromatic nitrogens is 4. The number of aryl methyl sites for hydroxylation is 1. The molecule has 0 spiro atoms. The zero-order chi connectivity index (χ0) is 23.3. The second-order valence-electron chi connectivity index (χ2n) is 8.97. The zero-order valence-electron chi connectivity index (χ0n) is 19.6. The highest BCUT2D eigenvalue weighted by atomic mass is 16.3. The molecule has 0 aliphatic heterocycles. The first-order valence-electron chi connectivity index (χ1n) is 11.2. The monoisotopic (exact) mass is 435 g/mol. The summed E-state index contributed by atoms with van der Waals surface area (Å²) in [5.41, 5.74) is 3.49. The third kappa shape index (κ3) is 5.79. The van der Waals surface area contributed by atoms with Crippen LogP contribution in [0.1, 0.15) is 68.7 Å². The number of nitrogens with one attached hydrogen (secondary N) is 1. The van der Waals surface area contributed by atoms with Gasteiger partial charge in [0.1, 0.15) is 0 Å². The van der Waals surface area contributed by atoms with Crippen molar-refractivity contribution in [3.8, 4) is 16.8 Å². The van der Waals surface area contributed by atoms with Crippen LogP contribution in [0.5, 0.6) is 0 Å². The molecule has 0 fully saturated rings. The molecule has 7 nitrogen and oxygen atoms in total. The lowest BCUT2D eigenvalue weighted by Crippen LogP contribution is -2.33. The summed E-state index contributed by atoms with van der Waals surface area (Å²) in [7, 11) is 0. The lowest BCUT2D eigenvalue weighted by atomic mass is 9.96. The molecular weight excluding hydrogens is 402 g/mol. The summed E-state index contributed by atoms with van der Waals surface area (Å²) in [5.74, 6) is 0.619. The Morgan fingerprint density at radius 3 is 2.56 bits per heavy atom. The summed E-state index contributed by atoms with van der Waals surface area (Å²) in [6.07, 6.45) is 3.01. The van der Waals surface area contributed by atoms with Crippen LogP contribution in [-0.4, -0.2) is 42.9 Å². The van der Waals surface area contributed by atoms with Crippen LogP contribution in [0.15, 0.2) is 42.5 Å². The van der Waals surface area contributed by atoms with Gasteiger partial charge in [0.2, 0.25) is 0 Å². The SMILES string of the molecule is CCc1nnnn1-c1cc(-c2ccccc2)cc(C(=O)NC(C)CCCC(C)(C)O)c1C. The van der Waals surface area contributed by atoms with Crippen LogP contribution < -0.4 is 5.32 Å². The van der Waals surface area contributed by atoms with Gasteiger partial charge >= 0.3 is 0 Å². The highest BCUT2D eigenvalue weighted by Gasteiger charge is 2.20. The van der Waals surface area contributed by atoms with Gasteiger partial charge in [-0.05, 0) is 86.2 Å². The third-order valence-electron chi connectivity index (χ3n) is 5.61. The molecule has 0 radical (unpaired) electrons. The van der Waals surface area contributed by atoms with Crippen LogP contribution in [-0.2, 0) is 6.42 Å². The highest BCUT2D eigenvalue weighted by Crippen LogP contribution is 2.28. The number of nitrogens with zero attached hydrogens (tertiary/aromatic N) is 4. The van der Waals surface area contributed by atoms with E-state index in [1.807, 2.05) is 63.2 Å². The first-order valence-corrected chi connectivity index (χ1v) is 11.2. The van der Waals surface area contributed by atoms with E-state index in [0.717, 1.165) is 41.0 Å². The first-order chi connectivity index (χ1) is 15.2. The number of carbonyl (C=O) groups is 1. The predicted molar refractivity (Wildman–Crippen MR) is 126 cm³/mol.